The number of benzene rings is 1. The third-order valence-electron chi connectivity index (χ3n) is 5.67. The Morgan fingerprint density at radius 3 is 2.53 bits per heavy atom. The first-order chi connectivity index (χ1) is 14.2. The van der Waals surface area contributed by atoms with Crippen molar-refractivity contribution < 1.29 is 4.79 Å². The van der Waals surface area contributed by atoms with Crippen molar-refractivity contribution in [2.45, 2.75) is 40.0 Å². The van der Waals surface area contributed by atoms with Crippen LogP contribution in [0.2, 0.25) is 0 Å². The van der Waals surface area contributed by atoms with Gasteiger partial charge in [-0.15, -0.1) is 0 Å². The van der Waals surface area contributed by atoms with Crippen LogP contribution in [0.25, 0.3) is 11.0 Å². The number of carbonyl (C=O) groups excluding carboxylic acids is 1. The van der Waals surface area contributed by atoms with Crippen LogP contribution in [0.5, 0.6) is 0 Å². The molecule has 0 radical (unpaired) electrons. The number of H-pyrrole nitrogens is 1. The van der Waals surface area contributed by atoms with Gasteiger partial charge >= 0.3 is 0 Å². The predicted octanol–water partition coefficient (Wildman–Crippen LogP) is 4.13. The van der Waals surface area contributed by atoms with E-state index >= 15 is 0 Å². The Hall–Kier alpha value is -3.41. The number of hydrogen-bond acceptors (Lipinski definition) is 4. The number of carbonyl (C=O) groups is 1. The molecule has 0 aliphatic carbocycles. The molecule has 1 amide bonds. The number of amides is 1. The van der Waals surface area contributed by atoms with Crippen LogP contribution in [0.3, 0.4) is 0 Å². The van der Waals surface area contributed by atoms with Gasteiger partial charge < -0.3 is 10.3 Å². The summed E-state index contributed by atoms with van der Waals surface area (Å²) in [6.45, 7) is 12.3. The summed E-state index contributed by atoms with van der Waals surface area (Å²) in [6.07, 6.45) is 2.80. The number of aromatic amines is 1. The van der Waals surface area contributed by atoms with Gasteiger partial charge in [-0.3, -0.25) is 14.8 Å². The maximum Gasteiger partial charge on any atom is 0.277 e. The van der Waals surface area contributed by atoms with Gasteiger partial charge in [0.25, 0.3) is 5.91 Å². The molecule has 30 heavy (non-hydrogen) atoms. The van der Waals surface area contributed by atoms with Gasteiger partial charge in [0.2, 0.25) is 0 Å². The number of nitrogens with zero attached hydrogens (tertiary/aromatic N) is 3. The van der Waals surface area contributed by atoms with Crippen molar-refractivity contribution in [3.05, 3.63) is 76.4 Å². The molecule has 1 aliphatic rings. The smallest absolute Gasteiger partial charge is 0.277 e. The molecule has 0 saturated carbocycles. The van der Waals surface area contributed by atoms with Crippen LogP contribution in [-0.2, 0) is 11.2 Å². The third-order valence-corrected chi connectivity index (χ3v) is 5.67. The second-order valence-electron chi connectivity index (χ2n) is 8.24. The van der Waals surface area contributed by atoms with Crippen LogP contribution in [0.15, 0.2) is 48.0 Å². The van der Waals surface area contributed by atoms with E-state index in [-0.39, 0.29) is 5.91 Å². The molecule has 4 rings (SSSR count). The van der Waals surface area contributed by atoms with E-state index in [2.05, 4.69) is 68.0 Å². The first kappa shape index (κ1) is 19.9. The Morgan fingerprint density at radius 1 is 1.17 bits per heavy atom. The summed E-state index contributed by atoms with van der Waals surface area (Å²) in [4.78, 5) is 20.6. The van der Waals surface area contributed by atoms with Crippen molar-refractivity contribution >= 4 is 22.7 Å². The molecule has 154 valence electrons. The number of hydrogen-bond donors (Lipinski definition) is 2. The molecule has 2 N–H and O–H groups in total. The Balaban J connectivity index is 1.69. The van der Waals surface area contributed by atoms with E-state index in [0.717, 1.165) is 39.8 Å². The monoisotopic (exact) mass is 401 g/mol. The highest BCUT2D eigenvalue weighted by Crippen LogP contribution is 2.26. The van der Waals surface area contributed by atoms with Crippen molar-refractivity contribution in [2.24, 2.45) is 5.10 Å². The third kappa shape index (κ3) is 3.49. The summed E-state index contributed by atoms with van der Waals surface area (Å²) in [7, 11) is 1.77. The molecule has 2 aromatic heterocycles. The van der Waals surface area contributed by atoms with Gasteiger partial charge in [-0.25, -0.2) is 0 Å². The van der Waals surface area contributed by atoms with Gasteiger partial charge in [0.1, 0.15) is 5.82 Å². The lowest BCUT2D eigenvalue weighted by Gasteiger charge is -2.24. The van der Waals surface area contributed by atoms with E-state index in [1.165, 1.54) is 11.1 Å². The maximum absolute atomic E-state index is 12.4. The highest BCUT2D eigenvalue weighted by Gasteiger charge is 2.23. The van der Waals surface area contributed by atoms with E-state index in [1.807, 2.05) is 12.1 Å². The van der Waals surface area contributed by atoms with E-state index in [0.29, 0.717) is 17.5 Å². The van der Waals surface area contributed by atoms with Crippen LogP contribution in [0.4, 0.5) is 0 Å². The zero-order valence-corrected chi connectivity index (χ0v) is 18.1. The SMILES string of the molecule is C=C1NC(=O)C(c2cc(C)c(Cc3ccc4[nH]cc(C(C)C)c4n3)c(C)c2)=NN1C. The zero-order chi connectivity index (χ0) is 21.6. The second-order valence-corrected chi connectivity index (χ2v) is 8.24. The summed E-state index contributed by atoms with van der Waals surface area (Å²) in [6, 6.07) is 8.23. The average molecular weight is 402 g/mol. The number of pyridine rings is 1. The van der Waals surface area contributed by atoms with Crippen molar-refractivity contribution in [1.29, 1.82) is 0 Å². The maximum atomic E-state index is 12.4. The molecule has 1 aromatic carbocycles. The van der Waals surface area contributed by atoms with Gasteiger partial charge in [-0.1, -0.05) is 20.4 Å². The number of fused-ring (bicyclic) bond motifs is 1. The fourth-order valence-electron chi connectivity index (χ4n) is 3.90. The van der Waals surface area contributed by atoms with Crippen molar-refractivity contribution in [3.63, 3.8) is 0 Å². The molecule has 0 spiro atoms. The summed E-state index contributed by atoms with van der Waals surface area (Å²) >= 11 is 0. The summed E-state index contributed by atoms with van der Waals surface area (Å²) in [5.74, 6) is 0.659. The zero-order valence-electron chi connectivity index (χ0n) is 18.1. The highest BCUT2D eigenvalue weighted by molar-refractivity contribution is 6.46. The molecule has 0 unspecified atom stereocenters. The molecule has 1 aliphatic heterocycles. The lowest BCUT2D eigenvalue weighted by atomic mass is 9.93. The van der Waals surface area contributed by atoms with Crippen LogP contribution in [0.1, 0.15) is 53.3 Å². The van der Waals surface area contributed by atoms with Crippen LogP contribution in [-0.4, -0.2) is 33.6 Å². The van der Waals surface area contributed by atoms with Gasteiger partial charge in [-0.05, 0) is 66.3 Å². The molecule has 3 heterocycles. The first-order valence-corrected chi connectivity index (χ1v) is 10.1. The molecular weight excluding hydrogens is 374 g/mol. The highest BCUT2D eigenvalue weighted by atomic mass is 16.2. The summed E-state index contributed by atoms with van der Waals surface area (Å²) in [5.41, 5.74) is 9.05. The first-order valence-electron chi connectivity index (χ1n) is 10.1. The van der Waals surface area contributed by atoms with Gasteiger partial charge in [-0.2, -0.15) is 5.10 Å². The molecule has 6 heteroatoms. The quantitative estimate of drug-likeness (QED) is 0.690. The standard InChI is InChI=1S/C24H27N5O/c1-13(2)20-12-25-21-8-7-18(27-23(20)21)11-19-14(3)9-17(10-15(19)4)22-24(30)26-16(5)29(6)28-22/h7-10,12-13,25H,5,11H2,1-4,6H3,(H,26,30). The van der Waals surface area contributed by atoms with Crippen LogP contribution in [0, 0.1) is 13.8 Å². The van der Waals surface area contributed by atoms with E-state index < -0.39 is 0 Å². The van der Waals surface area contributed by atoms with Gasteiger partial charge in [0, 0.05) is 30.9 Å². The number of nitrogens with one attached hydrogen (secondary N) is 2. The Labute approximate surface area is 176 Å². The average Bonchev–Trinajstić information content (AvgIpc) is 3.11. The van der Waals surface area contributed by atoms with E-state index in [1.54, 1.807) is 12.1 Å². The fraction of sp³-hybridized carbons (Fsp3) is 0.292. The lowest BCUT2D eigenvalue weighted by Crippen LogP contribution is -2.41. The largest absolute Gasteiger partial charge is 0.360 e. The van der Waals surface area contributed by atoms with Crippen LogP contribution >= 0.6 is 0 Å². The lowest BCUT2D eigenvalue weighted by molar-refractivity contribution is -0.115. The molecule has 3 aromatic rings. The number of rotatable bonds is 4. The minimum atomic E-state index is -0.231. The molecular formula is C24H27N5O. The topological polar surface area (TPSA) is 73.4 Å². The normalized spacial score (nSPS) is 14.5. The Kier molecular flexibility index (Phi) is 4.94. The Morgan fingerprint density at radius 2 is 1.87 bits per heavy atom. The van der Waals surface area contributed by atoms with Crippen molar-refractivity contribution in [2.75, 3.05) is 7.05 Å². The predicted molar refractivity (Wildman–Crippen MR) is 120 cm³/mol. The van der Waals surface area contributed by atoms with Crippen molar-refractivity contribution in [3.8, 4) is 0 Å². The van der Waals surface area contributed by atoms with E-state index in [4.69, 9.17) is 4.98 Å². The molecule has 0 atom stereocenters. The number of aryl methyl sites for hydroxylation is 2. The minimum Gasteiger partial charge on any atom is -0.360 e. The molecule has 0 bridgehead atoms. The molecule has 6 nitrogen and oxygen atoms in total. The minimum absolute atomic E-state index is 0.231. The number of aromatic nitrogens is 2. The summed E-state index contributed by atoms with van der Waals surface area (Å²) in [5, 5.41) is 8.72. The van der Waals surface area contributed by atoms with Gasteiger partial charge in [0.15, 0.2) is 5.71 Å². The number of hydrazone groups is 1. The van der Waals surface area contributed by atoms with Gasteiger partial charge in [0.05, 0.1) is 11.0 Å². The fourth-order valence-corrected chi connectivity index (χ4v) is 3.90. The van der Waals surface area contributed by atoms with Crippen molar-refractivity contribution in [1.82, 2.24) is 20.3 Å². The molecule has 0 fully saturated rings. The summed E-state index contributed by atoms with van der Waals surface area (Å²) < 4.78 is 0. The molecule has 0 saturated heterocycles. The Bertz CT molecular complexity index is 1180. The second kappa shape index (κ2) is 7.44. The van der Waals surface area contributed by atoms with E-state index in [9.17, 15) is 4.79 Å². The van der Waals surface area contributed by atoms with Crippen LogP contribution < -0.4 is 5.32 Å².